The molecule has 0 unspecified atom stereocenters. The number of halogens is 1. The molecule has 1 heterocycles. The lowest BCUT2D eigenvalue weighted by Crippen LogP contribution is -2.42. The summed E-state index contributed by atoms with van der Waals surface area (Å²) in [5.41, 5.74) is 6.76. The standard InChI is InChI=1S/C24H27BrN4O3/c1-16(2)12-13-28(20(30)14-17-8-10-19(25)11-9-17)21-22(26)29(24(32)27-23(21)31)15-18-6-4-3-5-7-18/h3-11,16H,12-15,26H2,1-2H3,(H,27,31,32). The third-order valence-electron chi connectivity index (χ3n) is 5.17. The van der Waals surface area contributed by atoms with Crippen molar-refractivity contribution >= 4 is 33.3 Å². The van der Waals surface area contributed by atoms with Crippen molar-refractivity contribution in [1.82, 2.24) is 9.55 Å². The molecule has 0 aliphatic rings. The van der Waals surface area contributed by atoms with E-state index in [1.165, 1.54) is 9.47 Å². The molecular weight excluding hydrogens is 472 g/mol. The number of hydrogen-bond acceptors (Lipinski definition) is 4. The molecule has 0 bridgehead atoms. The van der Waals surface area contributed by atoms with Crippen molar-refractivity contribution in [3.05, 3.63) is 91.0 Å². The molecule has 168 valence electrons. The highest BCUT2D eigenvalue weighted by atomic mass is 79.9. The average molecular weight is 499 g/mol. The van der Waals surface area contributed by atoms with Gasteiger partial charge in [0.1, 0.15) is 5.82 Å². The number of benzene rings is 2. The van der Waals surface area contributed by atoms with E-state index in [0.717, 1.165) is 15.6 Å². The van der Waals surface area contributed by atoms with Crippen LogP contribution in [0.25, 0.3) is 0 Å². The number of hydrogen-bond donors (Lipinski definition) is 2. The largest absolute Gasteiger partial charge is 0.383 e. The van der Waals surface area contributed by atoms with Crippen LogP contribution in [0.15, 0.2) is 68.7 Å². The highest BCUT2D eigenvalue weighted by molar-refractivity contribution is 9.10. The number of amides is 1. The Morgan fingerprint density at radius 3 is 2.34 bits per heavy atom. The number of nitrogens with zero attached hydrogens (tertiary/aromatic N) is 2. The first-order valence-corrected chi connectivity index (χ1v) is 11.3. The van der Waals surface area contributed by atoms with E-state index in [1.807, 2.05) is 68.4 Å². The van der Waals surface area contributed by atoms with Crippen LogP contribution in [0.4, 0.5) is 11.5 Å². The van der Waals surface area contributed by atoms with Crippen LogP contribution >= 0.6 is 15.9 Å². The fourth-order valence-corrected chi connectivity index (χ4v) is 3.65. The van der Waals surface area contributed by atoms with Crippen LogP contribution in [-0.2, 0) is 17.8 Å². The highest BCUT2D eigenvalue weighted by Crippen LogP contribution is 2.21. The first-order chi connectivity index (χ1) is 15.3. The Hall–Kier alpha value is -3.13. The summed E-state index contributed by atoms with van der Waals surface area (Å²) < 4.78 is 2.21. The number of aromatic amines is 1. The van der Waals surface area contributed by atoms with Gasteiger partial charge in [-0.25, -0.2) is 4.79 Å². The van der Waals surface area contributed by atoms with E-state index in [9.17, 15) is 14.4 Å². The number of H-pyrrole nitrogens is 1. The Balaban J connectivity index is 2.02. The van der Waals surface area contributed by atoms with Crippen LogP contribution in [-0.4, -0.2) is 22.0 Å². The number of aromatic nitrogens is 2. The first-order valence-electron chi connectivity index (χ1n) is 10.5. The van der Waals surface area contributed by atoms with E-state index in [4.69, 9.17) is 5.73 Å². The number of anilines is 2. The SMILES string of the molecule is CC(C)CCN(C(=O)Cc1ccc(Br)cc1)c1c(N)n(Cc2ccccc2)c(=O)[nH]c1=O. The van der Waals surface area contributed by atoms with E-state index in [2.05, 4.69) is 20.9 Å². The summed E-state index contributed by atoms with van der Waals surface area (Å²) in [7, 11) is 0. The predicted molar refractivity (Wildman–Crippen MR) is 131 cm³/mol. The zero-order valence-electron chi connectivity index (χ0n) is 18.2. The molecule has 0 aliphatic carbocycles. The molecule has 0 fully saturated rings. The predicted octanol–water partition coefficient (Wildman–Crippen LogP) is 3.55. The Bertz CT molecular complexity index is 1180. The van der Waals surface area contributed by atoms with Crippen LogP contribution in [0.3, 0.4) is 0 Å². The minimum Gasteiger partial charge on any atom is -0.383 e. The number of nitrogens with two attached hydrogens (primary N) is 1. The molecule has 1 amide bonds. The quantitative estimate of drug-likeness (QED) is 0.495. The monoisotopic (exact) mass is 498 g/mol. The Kier molecular flexibility index (Phi) is 7.69. The second-order valence-corrected chi connectivity index (χ2v) is 9.01. The summed E-state index contributed by atoms with van der Waals surface area (Å²) in [5.74, 6) is 0.0408. The maximum absolute atomic E-state index is 13.3. The summed E-state index contributed by atoms with van der Waals surface area (Å²) in [4.78, 5) is 42.4. The summed E-state index contributed by atoms with van der Waals surface area (Å²) in [5, 5.41) is 0. The number of nitrogens with one attached hydrogen (secondary N) is 1. The first kappa shape index (κ1) is 23.5. The topological polar surface area (TPSA) is 101 Å². The number of carbonyl (C=O) groups excluding carboxylic acids is 1. The molecular formula is C24H27BrN4O3. The molecule has 0 saturated heterocycles. The Labute approximate surface area is 195 Å². The van der Waals surface area contributed by atoms with Crippen LogP contribution < -0.4 is 21.9 Å². The summed E-state index contributed by atoms with van der Waals surface area (Å²) in [6.07, 6.45) is 0.796. The summed E-state index contributed by atoms with van der Waals surface area (Å²) >= 11 is 3.39. The second kappa shape index (κ2) is 10.5. The molecule has 32 heavy (non-hydrogen) atoms. The molecule has 0 atom stereocenters. The van der Waals surface area contributed by atoms with Gasteiger partial charge in [-0.05, 0) is 35.6 Å². The smallest absolute Gasteiger partial charge is 0.330 e. The van der Waals surface area contributed by atoms with Gasteiger partial charge in [0.05, 0.1) is 13.0 Å². The average Bonchev–Trinajstić information content (AvgIpc) is 2.75. The van der Waals surface area contributed by atoms with E-state index < -0.39 is 11.2 Å². The number of carbonyl (C=O) groups is 1. The Morgan fingerprint density at radius 1 is 1.06 bits per heavy atom. The van der Waals surface area contributed by atoms with Crippen LogP contribution in [0.2, 0.25) is 0 Å². The minimum absolute atomic E-state index is 0.0169. The van der Waals surface area contributed by atoms with Gasteiger partial charge < -0.3 is 10.6 Å². The maximum atomic E-state index is 13.3. The van der Waals surface area contributed by atoms with Crippen molar-refractivity contribution < 1.29 is 4.79 Å². The van der Waals surface area contributed by atoms with Gasteiger partial charge in [-0.2, -0.15) is 0 Å². The molecule has 3 aromatic rings. The van der Waals surface area contributed by atoms with Crippen molar-refractivity contribution in [2.45, 2.75) is 33.2 Å². The zero-order chi connectivity index (χ0) is 23.3. The molecule has 1 aromatic heterocycles. The number of nitrogen functional groups attached to an aromatic ring is 1. The summed E-state index contributed by atoms with van der Waals surface area (Å²) in [6, 6.07) is 16.8. The fourth-order valence-electron chi connectivity index (χ4n) is 3.38. The van der Waals surface area contributed by atoms with Gasteiger partial charge >= 0.3 is 5.69 Å². The van der Waals surface area contributed by atoms with Crippen LogP contribution in [0, 0.1) is 5.92 Å². The van der Waals surface area contributed by atoms with Crippen molar-refractivity contribution in [2.75, 3.05) is 17.2 Å². The fraction of sp³-hybridized carbons (Fsp3) is 0.292. The molecule has 2 aromatic carbocycles. The molecule has 0 saturated carbocycles. The van der Waals surface area contributed by atoms with Gasteiger partial charge in [0.15, 0.2) is 5.69 Å². The van der Waals surface area contributed by atoms with Crippen molar-refractivity contribution in [3.8, 4) is 0 Å². The van der Waals surface area contributed by atoms with Crippen LogP contribution in [0.5, 0.6) is 0 Å². The third-order valence-corrected chi connectivity index (χ3v) is 5.70. The third kappa shape index (κ3) is 5.76. The molecule has 3 N–H and O–H groups in total. The molecule has 7 nitrogen and oxygen atoms in total. The molecule has 0 aliphatic heterocycles. The van der Waals surface area contributed by atoms with Gasteiger partial charge in [0.25, 0.3) is 5.56 Å². The van der Waals surface area contributed by atoms with Gasteiger partial charge in [-0.3, -0.25) is 19.1 Å². The van der Waals surface area contributed by atoms with E-state index in [-0.39, 0.29) is 30.4 Å². The highest BCUT2D eigenvalue weighted by Gasteiger charge is 2.24. The van der Waals surface area contributed by atoms with E-state index in [0.29, 0.717) is 18.9 Å². The minimum atomic E-state index is -0.662. The zero-order valence-corrected chi connectivity index (χ0v) is 19.8. The second-order valence-electron chi connectivity index (χ2n) is 8.10. The lowest BCUT2D eigenvalue weighted by atomic mass is 10.1. The van der Waals surface area contributed by atoms with Crippen molar-refractivity contribution in [2.24, 2.45) is 5.92 Å². The van der Waals surface area contributed by atoms with Gasteiger partial charge in [-0.15, -0.1) is 0 Å². The lowest BCUT2D eigenvalue weighted by Gasteiger charge is -2.25. The molecule has 0 radical (unpaired) electrons. The van der Waals surface area contributed by atoms with Gasteiger partial charge in [0, 0.05) is 11.0 Å². The Morgan fingerprint density at radius 2 is 1.72 bits per heavy atom. The normalized spacial score (nSPS) is 11.0. The lowest BCUT2D eigenvalue weighted by molar-refractivity contribution is -0.118. The van der Waals surface area contributed by atoms with E-state index >= 15 is 0 Å². The number of rotatable bonds is 8. The van der Waals surface area contributed by atoms with Crippen molar-refractivity contribution in [3.63, 3.8) is 0 Å². The maximum Gasteiger partial charge on any atom is 0.330 e. The van der Waals surface area contributed by atoms with Crippen molar-refractivity contribution in [1.29, 1.82) is 0 Å². The molecule has 8 heteroatoms. The van der Waals surface area contributed by atoms with Crippen LogP contribution in [0.1, 0.15) is 31.4 Å². The van der Waals surface area contributed by atoms with E-state index in [1.54, 1.807) is 0 Å². The van der Waals surface area contributed by atoms with Gasteiger partial charge in [-0.1, -0.05) is 72.2 Å². The summed E-state index contributed by atoms with van der Waals surface area (Å²) in [6.45, 7) is 4.60. The van der Waals surface area contributed by atoms with Gasteiger partial charge in [0.2, 0.25) is 5.91 Å². The molecule has 0 spiro atoms. The molecule has 3 rings (SSSR count).